The van der Waals surface area contributed by atoms with Gasteiger partial charge in [-0.25, -0.2) is 5.84 Å². The van der Waals surface area contributed by atoms with E-state index in [2.05, 4.69) is 10.4 Å². The highest BCUT2D eigenvalue weighted by Gasteiger charge is 2.16. The van der Waals surface area contributed by atoms with Crippen molar-refractivity contribution in [1.29, 1.82) is 0 Å². The standard InChI is InChI=1S/C12H10N4O5/c13-15-11-3-7(16(17)18)4-12(14-11)21-8-1-2-9-10(5-8)20-6-19-9/h1-5H,6,13H2,(H,14,15). The number of nitrogen functional groups attached to an aromatic ring is 1. The van der Waals surface area contributed by atoms with Crippen molar-refractivity contribution in [2.24, 2.45) is 5.84 Å². The number of nitro groups is 1. The molecular weight excluding hydrogens is 280 g/mol. The van der Waals surface area contributed by atoms with Gasteiger partial charge in [-0.2, -0.15) is 4.98 Å². The predicted molar refractivity (Wildman–Crippen MR) is 71.3 cm³/mol. The summed E-state index contributed by atoms with van der Waals surface area (Å²) in [4.78, 5) is 14.3. The van der Waals surface area contributed by atoms with Gasteiger partial charge in [0.1, 0.15) is 5.75 Å². The maximum absolute atomic E-state index is 10.8. The lowest BCUT2D eigenvalue weighted by molar-refractivity contribution is -0.384. The van der Waals surface area contributed by atoms with Crippen LogP contribution in [0, 0.1) is 10.1 Å². The molecule has 0 aliphatic carbocycles. The average Bonchev–Trinajstić information content (AvgIpc) is 2.94. The molecule has 9 heteroatoms. The molecule has 0 bridgehead atoms. The Morgan fingerprint density at radius 3 is 2.86 bits per heavy atom. The number of rotatable bonds is 4. The molecule has 1 aliphatic rings. The zero-order chi connectivity index (χ0) is 14.8. The Balaban J connectivity index is 1.90. The van der Waals surface area contributed by atoms with E-state index in [1.807, 2.05) is 0 Å². The summed E-state index contributed by atoms with van der Waals surface area (Å²) in [7, 11) is 0. The monoisotopic (exact) mass is 290 g/mol. The van der Waals surface area contributed by atoms with Crippen LogP contribution in [0.25, 0.3) is 0 Å². The van der Waals surface area contributed by atoms with Crippen molar-refractivity contribution < 1.29 is 19.1 Å². The molecule has 0 atom stereocenters. The minimum atomic E-state index is -0.560. The summed E-state index contributed by atoms with van der Waals surface area (Å²) in [5, 5.41) is 10.8. The van der Waals surface area contributed by atoms with Crippen LogP contribution in [0.15, 0.2) is 30.3 Å². The number of hydrazine groups is 1. The third-order valence-electron chi connectivity index (χ3n) is 2.71. The van der Waals surface area contributed by atoms with E-state index in [0.29, 0.717) is 17.2 Å². The van der Waals surface area contributed by atoms with Crippen molar-refractivity contribution >= 4 is 11.5 Å². The fraction of sp³-hybridized carbons (Fsp3) is 0.0833. The number of nitrogens with two attached hydrogens (primary N) is 1. The number of hydrogen-bond acceptors (Lipinski definition) is 8. The lowest BCUT2D eigenvalue weighted by Gasteiger charge is -2.07. The van der Waals surface area contributed by atoms with E-state index in [4.69, 9.17) is 20.1 Å². The molecule has 0 unspecified atom stereocenters. The van der Waals surface area contributed by atoms with Gasteiger partial charge in [0.2, 0.25) is 12.7 Å². The van der Waals surface area contributed by atoms with Gasteiger partial charge in [0.15, 0.2) is 17.3 Å². The van der Waals surface area contributed by atoms with Gasteiger partial charge in [-0.1, -0.05) is 0 Å². The molecule has 1 aliphatic heterocycles. The smallest absolute Gasteiger partial charge is 0.278 e. The lowest BCUT2D eigenvalue weighted by atomic mass is 10.3. The van der Waals surface area contributed by atoms with Crippen LogP contribution >= 0.6 is 0 Å². The van der Waals surface area contributed by atoms with Crippen LogP contribution in [0.4, 0.5) is 11.5 Å². The topological polar surface area (TPSA) is 122 Å². The molecule has 108 valence electrons. The molecule has 1 aromatic heterocycles. The Kier molecular flexibility index (Phi) is 3.16. The number of ether oxygens (including phenoxy) is 3. The van der Waals surface area contributed by atoms with Crippen molar-refractivity contribution in [3.63, 3.8) is 0 Å². The Labute approximate surface area is 118 Å². The molecule has 0 radical (unpaired) electrons. The Hall–Kier alpha value is -3.07. The third-order valence-corrected chi connectivity index (χ3v) is 2.71. The molecule has 0 saturated heterocycles. The molecule has 9 nitrogen and oxygen atoms in total. The number of nitrogens with one attached hydrogen (secondary N) is 1. The maximum Gasteiger partial charge on any atom is 0.278 e. The Morgan fingerprint density at radius 1 is 1.29 bits per heavy atom. The fourth-order valence-corrected chi connectivity index (χ4v) is 1.78. The molecule has 3 rings (SSSR count). The quantitative estimate of drug-likeness (QED) is 0.496. The maximum atomic E-state index is 10.8. The highest BCUT2D eigenvalue weighted by molar-refractivity contribution is 5.50. The van der Waals surface area contributed by atoms with Crippen molar-refractivity contribution in [2.75, 3.05) is 12.2 Å². The molecule has 2 aromatic rings. The van der Waals surface area contributed by atoms with Crippen molar-refractivity contribution in [2.45, 2.75) is 0 Å². The first kappa shape index (κ1) is 12.9. The molecule has 1 aromatic carbocycles. The second-order valence-electron chi connectivity index (χ2n) is 4.07. The first-order chi connectivity index (χ1) is 10.2. The molecule has 0 saturated carbocycles. The van der Waals surface area contributed by atoms with E-state index in [1.54, 1.807) is 18.2 Å². The second kappa shape index (κ2) is 5.13. The number of nitrogens with zero attached hydrogens (tertiary/aromatic N) is 2. The van der Waals surface area contributed by atoms with E-state index in [9.17, 15) is 10.1 Å². The zero-order valence-corrected chi connectivity index (χ0v) is 10.6. The normalized spacial score (nSPS) is 12.0. The van der Waals surface area contributed by atoms with E-state index in [1.165, 1.54) is 12.1 Å². The van der Waals surface area contributed by atoms with Gasteiger partial charge < -0.3 is 19.6 Å². The molecule has 0 amide bonds. The first-order valence-corrected chi connectivity index (χ1v) is 5.86. The fourth-order valence-electron chi connectivity index (χ4n) is 1.78. The number of benzene rings is 1. The SMILES string of the molecule is NNc1cc([N+](=O)[O-])cc(Oc2ccc3c(c2)OCO3)n1. The summed E-state index contributed by atoms with van der Waals surface area (Å²) in [6.07, 6.45) is 0. The van der Waals surface area contributed by atoms with Crippen LogP contribution in [0.1, 0.15) is 0 Å². The van der Waals surface area contributed by atoms with Gasteiger partial charge in [-0.05, 0) is 12.1 Å². The number of hydrogen-bond donors (Lipinski definition) is 2. The molecule has 0 fully saturated rings. The van der Waals surface area contributed by atoms with Gasteiger partial charge in [-0.15, -0.1) is 0 Å². The van der Waals surface area contributed by atoms with Crippen LogP contribution in [0.5, 0.6) is 23.1 Å². The lowest BCUT2D eigenvalue weighted by Crippen LogP contribution is -2.09. The summed E-state index contributed by atoms with van der Waals surface area (Å²) in [5.41, 5.74) is 2.06. The van der Waals surface area contributed by atoms with E-state index >= 15 is 0 Å². The molecular formula is C12H10N4O5. The average molecular weight is 290 g/mol. The Bertz CT molecular complexity index is 706. The first-order valence-electron chi connectivity index (χ1n) is 5.86. The third kappa shape index (κ3) is 2.62. The van der Waals surface area contributed by atoms with E-state index < -0.39 is 4.92 Å². The molecule has 2 heterocycles. The molecule has 3 N–H and O–H groups in total. The highest BCUT2D eigenvalue weighted by atomic mass is 16.7. The summed E-state index contributed by atoms with van der Waals surface area (Å²) >= 11 is 0. The van der Waals surface area contributed by atoms with Gasteiger partial charge >= 0.3 is 0 Å². The largest absolute Gasteiger partial charge is 0.454 e. The minimum Gasteiger partial charge on any atom is -0.454 e. The summed E-state index contributed by atoms with van der Waals surface area (Å²) in [5.74, 6) is 6.95. The number of pyridine rings is 1. The van der Waals surface area contributed by atoms with Gasteiger partial charge in [0.25, 0.3) is 5.69 Å². The van der Waals surface area contributed by atoms with Gasteiger partial charge in [0.05, 0.1) is 17.1 Å². The van der Waals surface area contributed by atoms with Crippen LogP contribution in [0.3, 0.4) is 0 Å². The van der Waals surface area contributed by atoms with Crippen LogP contribution in [-0.2, 0) is 0 Å². The molecule has 0 spiro atoms. The van der Waals surface area contributed by atoms with E-state index in [0.717, 1.165) is 0 Å². The van der Waals surface area contributed by atoms with Gasteiger partial charge in [0, 0.05) is 6.07 Å². The van der Waals surface area contributed by atoms with Crippen LogP contribution in [0.2, 0.25) is 0 Å². The predicted octanol–water partition coefficient (Wildman–Crippen LogP) is 1.80. The van der Waals surface area contributed by atoms with Gasteiger partial charge in [-0.3, -0.25) is 10.1 Å². The van der Waals surface area contributed by atoms with Crippen molar-refractivity contribution in [3.05, 3.63) is 40.4 Å². The van der Waals surface area contributed by atoms with Crippen LogP contribution < -0.4 is 25.5 Å². The van der Waals surface area contributed by atoms with Crippen LogP contribution in [-0.4, -0.2) is 16.7 Å². The molecule has 21 heavy (non-hydrogen) atoms. The minimum absolute atomic E-state index is 0.0380. The second-order valence-corrected chi connectivity index (χ2v) is 4.07. The van der Waals surface area contributed by atoms with Crippen molar-refractivity contribution in [3.8, 4) is 23.1 Å². The summed E-state index contributed by atoms with van der Waals surface area (Å²) in [6.45, 7) is 0.148. The van der Waals surface area contributed by atoms with Crippen molar-refractivity contribution in [1.82, 2.24) is 4.98 Å². The zero-order valence-electron chi connectivity index (χ0n) is 10.6. The van der Waals surface area contributed by atoms with E-state index in [-0.39, 0.29) is 24.2 Å². The summed E-state index contributed by atoms with van der Waals surface area (Å²) < 4.78 is 15.9. The number of anilines is 1. The summed E-state index contributed by atoms with van der Waals surface area (Å²) in [6, 6.07) is 7.33. The highest BCUT2D eigenvalue weighted by Crippen LogP contribution is 2.36. The number of aromatic nitrogens is 1. The number of fused-ring (bicyclic) bond motifs is 1. The Morgan fingerprint density at radius 2 is 2.10 bits per heavy atom.